The molecule has 0 aliphatic heterocycles. The second kappa shape index (κ2) is 7.25. The van der Waals surface area contributed by atoms with E-state index in [1.807, 2.05) is 31.2 Å². The van der Waals surface area contributed by atoms with Crippen LogP contribution in [0.25, 0.3) is 0 Å². The molecule has 0 aliphatic carbocycles. The van der Waals surface area contributed by atoms with E-state index in [0.29, 0.717) is 13.2 Å². The Hall–Kier alpha value is -1.06. The predicted molar refractivity (Wildman–Crippen MR) is 65.6 cm³/mol. The average Bonchev–Trinajstić information content (AvgIpc) is 2.30. The summed E-state index contributed by atoms with van der Waals surface area (Å²) in [6.07, 6.45) is 1.02. The second-order valence-corrected chi connectivity index (χ2v) is 3.68. The fraction of sp³-hybridized carbons (Fsp3) is 0.538. The topological polar surface area (TPSA) is 44.5 Å². The van der Waals surface area contributed by atoms with Gasteiger partial charge in [-0.05, 0) is 31.0 Å². The zero-order valence-electron chi connectivity index (χ0n) is 10.1. The third kappa shape index (κ3) is 4.21. The molecule has 0 amide bonds. The molecule has 1 aromatic rings. The molecule has 2 N–H and O–H groups in total. The van der Waals surface area contributed by atoms with Crippen molar-refractivity contribution in [3.8, 4) is 5.75 Å². The lowest BCUT2D eigenvalue weighted by Crippen LogP contribution is -2.17. The number of hydrogen-bond donors (Lipinski definition) is 1. The van der Waals surface area contributed by atoms with Gasteiger partial charge in [0.1, 0.15) is 5.75 Å². The molecular formula is C13H21NO2. The van der Waals surface area contributed by atoms with Crippen molar-refractivity contribution in [2.75, 3.05) is 19.8 Å². The van der Waals surface area contributed by atoms with Crippen molar-refractivity contribution in [3.05, 3.63) is 29.8 Å². The van der Waals surface area contributed by atoms with E-state index in [2.05, 4.69) is 6.92 Å². The fourth-order valence-electron chi connectivity index (χ4n) is 1.43. The normalized spacial score (nSPS) is 12.4. The fourth-order valence-corrected chi connectivity index (χ4v) is 1.43. The maximum Gasteiger partial charge on any atom is 0.119 e. The standard InChI is InChI=1S/C13H21NO2/c1-3-9-15-10-13(14)11-5-7-12(8-6-11)16-4-2/h5-8,13H,3-4,9-10,14H2,1-2H3. The van der Waals surface area contributed by atoms with Crippen LogP contribution in [0, 0.1) is 0 Å². The van der Waals surface area contributed by atoms with Gasteiger partial charge < -0.3 is 15.2 Å². The zero-order chi connectivity index (χ0) is 11.8. The minimum absolute atomic E-state index is 0.0535. The van der Waals surface area contributed by atoms with Crippen molar-refractivity contribution in [1.29, 1.82) is 0 Å². The highest BCUT2D eigenvalue weighted by molar-refractivity contribution is 5.29. The van der Waals surface area contributed by atoms with Gasteiger partial charge in [-0.15, -0.1) is 0 Å². The highest BCUT2D eigenvalue weighted by atomic mass is 16.5. The quantitative estimate of drug-likeness (QED) is 0.722. The van der Waals surface area contributed by atoms with E-state index < -0.39 is 0 Å². The van der Waals surface area contributed by atoms with Gasteiger partial charge in [0.2, 0.25) is 0 Å². The van der Waals surface area contributed by atoms with Gasteiger partial charge in [-0.2, -0.15) is 0 Å². The van der Waals surface area contributed by atoms with Crippen molar-refractivity contribution in [1.82, 2.24) is 0 Å². The maximum atomic E-state index is 5.99. The lowest BCUT2D eigenvalue weighted by atomic mass is 10.1. The predicted octanol–water partition coefficient (Wildman–Crippen LogP) is 2.51. The number of nitrogens with two attached hydrogens (primary N) is 1. The van der Waals surface area contributed by atoms with E-state index in [4.69, 9.17) is 15.2 Å². The number of benzene rings is 1. The minimum atomic E-state index is -0.0535. The van der Waals surface area contributed by atoms with Crippen LogP contribution < -0.4 is 10.5 Å². The first-order valence-electron chi connectivity index (χ1n) is 5.84. The summed E-state index contributed by atoms with van der Waals surface area (Å²) >= 11 is 0. The number of ether oxygens (including phenoxy) is 2. The summed E-state index contributed by atoms with van der Waals surface area (Å²) in [6, 6.07) is 7.81. The van der Waals surface area contributed by atoms with Gasteiger partial charge in [0.25, 0.3) is 0 Å². The van der Waals surface area contributed by atoms with Crippen LogP contribution in [0.4, 0.5) is 0 Å². The Morgan fingerprint density at radius 1 is 1.19 bits per heavy atom. The van der Waals surface area contributed by atoms with Gasteiger partial charge >= 0.3 is 0 Å². The SMILES string of the molecule is CCCOCC(N)c1ccc(OCC)cc1. The summed E-state index contributed by atoms with van der Waals surface area (Å²) in [5.41, 5.74) is 7.08. The van der Waals surface area contributed by atoms with Crippen LogP contribution in [-0.4, -0.2) is 19.8 Å². The molecular weight excluding hydrogens is 202 g/mol. The summed E-state index contributed by atoms with van der Waals surface area (Å²) in [5.74, 6) is 0.882. The molecule has 1 aromatic carbocycles. The molecule has 1 rings (SSSR count). The van der Waals surface area contributed by atoms with E-state index in [1.54, 1.807) is 0 Å². The largest absolute Gasteiger partial charge is 0.494 e. The van der Waals surface area contributed by atoms with Gasteiger partial charge in [-0.25, -0.2) is 0 Å². The lowest BCUT2D eigenvalue weighted by molar-refractivity contribution is 0.121. The average molecular weight is 223 g/mol. The Morgan fingerprint density at radius 2 is 1.88 bits per heavy atom. The van der Waals surface area contributed by atoms with Crippen LogP contribution in [0.5, 0.6) is 5.75 Å². The van der Waals surface area contributed by atoms with Crippen LogP contribution >= 0.6 is 0 Å². The van der Waals surface area contributed by atoms with Gasteiger partial charge in [0.05, 0.1) is 19.3 Å². The number of hydrogen-bond acceptors (Lipinski definition) is 3. The van der Waals surface area contributed by atoms with Crippen LogP contribution in [0.2, 0.25) is 0 Å². The Labute approximate surface area is 97.6 Å². The molecule has 0 radical (unpaired) electrons. The molecule has 1 atom stereocenters. The van der Waals surface area contributed by atoms with Gasteiger partial charge in [-0.1, -0.05) is 19.1 Å². The smallest absolute Gasteiger partial charge is 0.119 e. The molecule has 0 saturated heterocycles. The molecule has 0 bridgehead atoms. The van der Waals surface area contributed by atoms with Gasteiger partial charge in [0.15, 0.2) is 0 Å². The van der Waals surface area contributed by atoms with E-state index >= 15 is 0 Å². The van der Waals surface area contributed by atoms with Crippen LogP contribution in [0.1, 0.15) is 31.9 Å². The van der Waals surface area contributed by atoms with Crippen molar-refractivity contribution in [3.63, 3.8) is 0 Å². The zero-order valence-corrected chi connectivity index (χ0v) is 10.1. The monoisotopic (exact) mass is 223 g/mol. The van der Waals surface area contributed by atoms with Crippen molar-refractivity contribution >= 4 is 0 Å². The minimum Gasteiger partial charge on any atom is -0.494 e. The molecule has 3 heteroatoms. The van der Waals surface area contributed by atoms with Crippen molar-refractivity contribution in [2.45, 2.75) is 26.3 Å². The van der Waals surface area contributed by atoms with Crippen LogP contribution in [-0.2, 0) is 4.74 Å². The highest BCUT2D eigenvalue weighted by Gasteiger charge is 2.05. The molecule has 0 fully saturated rings. The molecule has 0 spiro atoms. The molecule has 0 aliphatic rings. The summed E-state index contributed by atoms with van der Waals surface area (Å²) in [7, 11) is 0. The third-order valence-electron chi connectivity index (χ3n) is 2.27. The van der Waals surface area contributed by atoms with Gasteiger partial charge in [-0.3, -0.25) is 0 Å². The summed E-state index contributed by atoms with van der Waals surface area (Å²) in [5, 5.41) is 0. The summed E-state index contributed by atoms with van der Waals surface area (Å²) < 4.78 is 10.8. The lowest BCUT2D eigenvalue weighted by Gasteiger charge is -2.12. The van der Waals surface area contributed by atoms with Crippen LogP contribution in [0.15, 0.2) is 24.3 Å². The number of rotatable bonds is 7. The molecule has 0 saturated carbocycles. The Kier molecular flexibility index (Phi) is 5.90. The first-order valence-corrected chi connectivity index (χ1v) is 5.84. The second-order valence-electron chi connectivity index (χ2n) is 3.68. The Morgan fingerprint density at radius 3 is 2.44 bits per heavy atom. The van der Waals surface area contributed by atoms with E-state index in [-0.39, 0.29) is 6.04 Å². The molecule has 0 aromatic heterocycles. The van der Waals surface area contributed by atoms with E-state index in [9.17, 15) is 0 Å². The molecule has 3 nitrogen and oxygen atoms in total. The molecule has 0 heterocycles. The Balaban J connectivity index is 2.46. The summed E-state index contributed by atoms with van der Waals surface area (Å²) in [4.78, 5) is 0. The van der Waals surface area contributed by atoms with E-state index in [1.165, 1.54) is 0 Å². The Bertz CT molecular complexity index is 284. The molecule has 16 heavy (non-hydrogen) atoms. The molecule has 1 unspecified atom stereocenters. The van der Waals surface area contributed by atoms with E-state index in [0.717, 1.165) is 24.3 Å². The maximum absolute atomic E-state index is 5.99. The summed E-state index contributed by atoms with van der Waals surface area (Å²) in [6.45, 7) is 6.08. The van der Waals surface area contributed by atoms with Crippen molar-refractivity contribution in [2.24, 2.45) is 5.73 Å². The first-order chi connectivity index (χ1) is 7.77. The molecule has 90 valence electrons. The van der Waals surface area contributed by atoms with Gasteiger partial charge in [0, 0.05) is 6.61 Å². The third-order valence-corrected chi connectivity index (χ3v) is 2.27. The van der Waals surface area contributed by atoms with Crippen LogP contribution in [0.3, 0.4) is 0 Å². The highest BCUT2D eigenvalue weighted by Crippen LogP contribution is 2.16. The first kappa shape index (κ1) is 13.0. The van der Waals surface area contributed by atoms with Crippen molar-refractivity contribution < 1.29 is 9.47 Å².